The molecular formula is C14H18N2O4. The summed E-state index contributed by atoms with van der Waals surface area (Å²) in [6.07, 6.45) is 0.591. The fraction of sp³-hybridized carbons (Fsp3) is 0.429. The van der Waals surface area contributed by atoms with Gasteiger partial charge < -0.3 is 20.5 Å². The van der Waals surface area contributed by atoms with Crippen LogP contribution in [-0.2, 0) is 11.2 Å². The highest BCUT2D eigenvalue weighted by molar-refractivity contribution is 5.75. The van der Waals surface area contributed by atoms with Crippen molar-refractivity contribution in [2.24, 2.45) is 0 Å². The maximum absolute atomic E-state index is 11.6. The Morgan fingerprint density at radius 1 is 1.45 bits per heavy atom. The van der Waals surface area contributed by atoms with Gasteiger partial charge in [0.15, 0.2) is 0 Å². The molecule has 6 nitrogen and oxygen atoms in total. The Labute approximate surface area is 117 Å². The molecule has 1 aliphatic rings. The largest absolute Gasteiger partial charge is 0.488 e. The Bertz CT molecular complexity index is 479. The highest BCUT2D eigenvalue weighted by atomic mass is 16.5. The molecule has 0 aliphatic carbocycles. The van der Waals surface area contributed by atoms with E-state index in [2.05, 4.69) is 10.6 Å². The van der Waals surface area contributed by atoms with Crippen molar-refractivity contribution in [3.05, 3.63) is 29.8 Å². The van der Waals surface area contributed by atoms with Crippen LogP contribution in [0.1, 0.15) is 18.9 Å². The minimum absolute atomic E-state index is 0.0760. The van der Waals surface area contributed by atoms with Gasteiger partial charge in [-0.05, 0) is 18.6 Å². The van der Waals surface area contributed by atoms with E-state index in [9.17, 15) is 9.59 Å². The van der Waals surface area contributed by atoms with Crippen LogP contribution >= 0.6 is 0 Å². The van der Waals surface area contributed by atoms with Crippen LogP contribution in [0.15, 0.2) is 24.3 Å². The van der Waals surface area contributed by atoms with Crippen LogP contribution < -0.4 is 15.4 Å². The average molecular weight is 278 g/mol. The third kappa shape index (κ3) is 3.88. The molecule has 0 saturated carbocycles. The average Bonchev–Trinajstić information content (AvgIpc) is 2.77. The Kier molecular flexibility index (Phi) is 4.45. The van der Waals surface area contributed by atoms with Gasteiger partial charge in [-0.15, -0.1) is 0 Å². The summed E-state index contributed by atoms with van der Waals surface area (Å²) in [4.78, 5) is 22.1. The lowest BCUT2D eigenvalue weighted by atomic mass is 10.1. The fourth-order valence-electron chi connectivity index (χ4n) is 2.16. The molecule has 0 radical (unpaired) electrons. The number of carbonyl (C=O) groups excluding carboxylic acids is 1. The second-order valence-corrected chi connectivity index (χ2v) is 4.90. The number of amides is 2. The van der Waals surface area contributed by atoms with Gasteiger partial charge in [-0.3, -0.25) is 4.79 Å². The summed E-state index contributed by atoms with van der Waals surface area (Å²) < 4.78 is 5.69. The lowest BCUT2D eigenvalue weighted by Crippen LogP contribution is -2.44. The van der Waals surface area contributed by atoms with Crippen molar-refractivity contribution in [1.82, 2.24) is 10.6 Å². The minimum atomic E-state index is -0.938. The lowest BCUT2D eigenvalue weighted by molar-refractivity contribution is -0.137. The molecule has 1 aliphatic heterocycles. The second-order valence-electron chi connectivity index (χ2n) is 4.90. The number of carboxylic acids is 1. The molecule has 20 heavy (non-hydrogen) atoms. The third-order valence-corrected chi connectivity index (χ3v) is 3.06. The number of hydrogen-bond donors (Lipinski definition) is 3. The van der Waals surface area contributed by atoms with Crippen molar-refractivity contribution < 1.29 is 19.4 Å². The molecule has 0 spiro atoms. The Morgan fingerprint density at radius 2 is 2.20 bits per heavy atom. The molecule has 0 bridgehead atoms. The van der Waals surface area contributed by atoms with Crippen molar-refractivity contribution in [3.8, 4) is 5.75 Å². The van der Waals surface area contributed by atoms with Crippen LogP contribution in [0.25, 0.3) is 0 Å². The molecule has 1 aromatic rings. The number of fused-ring (bicyclic) bond motifs is 1. The molecule has 108 valence electrons. The molecule has 1 heterocycles. The number of ether oxygens (including phenoxy) is 1. The maximum atomic E-state index is 11.6. The predicted octanol–water partition coefficient (Wildman–Crippen LogP) is 1.15. The third-order valence-electron chi connectivity index (χ3n) is 3.06. The van der Waals surface area contributed by atoms with Gasteiger partial charge in [-0.25, -0.2) is 4.79 Å². The zero-order valence-corrected chi connectivity index (χ0v) is 11.3. The standard InChI is InChI=1S/C14H18N2O4/c1-9(6-13(17)18)16-14(19)15-8-11-7-10-4-2-3-5-12(10)20-11/h2-5,9,11H,6-8H2,1H3,(H,17,18)(H2,15,16,19). The quantitative estimate of drug-likeness (QED) is 0.754. The number of hydrogen-bond acceptors (Lipinski definition) is 3. The molecule has 0 saturated heterocycles. The van der Waals surface area contributed by atoms with E-state index in [1.54, 1.807) is 6.92 Å². The van der Waals surface area contributed by atoms with Crippen molar-refractivity contribution in [2.75, 3.05) is 6.54 Å². The first-order valence-corrected chi connectivity index (χ1v) is 6.55. The van der Waals surface area contributed by atoms with Crippen LogP contribution in [0, 0.1) is 0 Å². The summed E-state index contributed by atoms with van der Waals surface area (Å²) in [7, 11) is 0. The topological polar surface area (TPSA) is 87.7 Å². The normalized spacial score (nSPS) is 17.8. The van der Waals surface area contributed by atoms with Gasteiger partial charge >= 0.3 is 12.0 Å². The first kappa shape index (κ1) is 14.2. The summed E-state index contributed by atoms with van der Waals surface area (Å²) in [5, 5.41) is 13.9. The van der Waals surface area contributed by atoms with Crippen LogP contribution in [0.3, 0.4) is 0 Å². The molecule has 0 aromatic heterocycles. The van der Waals surface area contributed by atoms with Gasteiger partial charge in [-0.2, -0.15) is 0 Å². The van der Waals surface area contributed by atoms with E-state index < -0.39 is 12.0 Å². The van der Waals surface area contributed by atoms with Crippen LogP contribution in [0.2, 0.25) is 0 Å². The Hall–Kier alpha value is -2.24. The number of rotatable bonds is 5. The SMILES string of the molecule is CC(CC(=O)O)NC(=O)NCC1Cc2ccccc2O1. The summed E-state index contributed by atoms with van der Waals surface area (Å²) >= 11 is 0. The molecule has 2 rings (SSSR count). The highest BCUT2D eigenvalue weighted by Crippen LogP contribution is 2.27. The molecule has 3 N–H and O–H groups in total. The van der Waals surface area contributed by atoms with E-state index in [-0.39, 0.29) is 18.6 Å². The number of carbonyl (C=O) groups is 2. The molecule has 2 amide bonds. The summed E-state index contributed by atoms with van der Waals surface area (Å²) in [6.45, 7) is 2.04. The van der Waals surface area contributed by atoms with Gasteiger partial charge in [0.2, 0.25) is 0 Å². The van der Waals surface area contributed by atoms with E-state index in [0.29, 0.717) is 6.54 Å². The van der Waals surface area contributed by atoms with Gasteiger partial charge in [-0.1, -0.05) is 18.2 Å². The molecule has 2 atom stereocenters. The lowest BCUT2D eigenvalue weighted by Gasteiger charge is -2.15. The van der Waals surface area contributed by atoms with Crippen LogP contribution in [-0.4, -0.2) is 35.8 Å². The molecule has 0 fully saturated rings. The van der Waals surface area contributed by atoms with Crippen LogP contribution in [0.5, 0.6) is 5.75 Å². The number of carboxylic acid groups (broad SMARTS) is 1. The van der Waals surface area contributed by atoms with E-state index in [1.165, 1.54) is 0 Å². The van der Waals surface area contributed by atoms with Crippen molar-refractivity contribution in [2.45, 2.75) is 31.9 Å². The zero-order valence-electron chi connectivity index (χ0n) is 11.3. The van der Waals surface area contributed by atoms with Crippen molar-refractivity contribution >= 4 is 12.0 Å². The number of aliphatic carboxylic acids is 1. The van der Waals surface area contributed by atoms with Gasteiger partial charge in [0.25, 0.3) is 0 Å². The molecule has 2 unspecified atom stereocenters. The van der Waals surface area contributed by atoms with E-state index >= 15 is 0 Å². The summed E-state index contributed by atoms with van der Waals surface area (Å²) in [6, 6.07) is 6.99. The smallest absolute Gasteiger partial charge is 0.315 e. The summed E-state index contributed by atoms with van der Waals surface area (Å²) in [5.41, 5.74) is 1.14. The van der Waals surface area contributed by atoms with Crippen molar-refractivity contribution in [1.29, 1.82) is 0 Å². The van der Waals surface area contributed by atoms with E-state index in [1.807, 2.05) is 24.3 Å². The number of urea groups is 1. The summed E-state index contributed by atoms with van der Waals surface area (Å²) in [5.74, 6) is -0.0775. The van der Waals surface area contributed by atoms with Gasteiger partial charge in [0, 0.05) is 12.5 Å². The van der Waals surface area contributed by atoms with Gasteiger partial charge in [0.05, 0.1) is 13.0 Å². The van der Waals surface area contributed by atoms with E-state index in [4.69, 9.17) is 9.84 Å². The van der Waals surface area contributed by atoms with E-state index in [0.717, 1.165) is 17.7 Å². The maximum Gasteiger partial charge on any atom is 0.315 e. The fourth-order valence-corrected chi connectivity index (χ4v) is 2.16. The highest BCUT2D eigenvalue weighted by Gasteiger charge is 2.22. The Balaban J connectivity index is 1.72. The number of benzene rings is 1. The zero-order chi connectivity index (χ0) is 14.5. The first-order chi connectivity index (χ1) is 9.54. The Morgan fingerprint density at radius 3 is 2.90 bits per heavy atom. The van der Waals surface area contributed by atoms with Gasteiger partial charge in [0.1, 0.15) is 11.9 Å². The first-order valence-electron chi connectivity index (χ1n) is 6.55. The number of para-hydroxylation sites is 1. The predicted molar refractivity (Wildman–Crippen MR) is 72.8 cm³/mol. The number of nitrogens with one attached hydrogen (secondary N) is 2. The molecule has 1 aromatic carbocycles. The van der Waals surface area contributed by atoms with Crippen molar-refractivity contribution in [3.63, 3.8) is 0 Å². The van der Waals surface area contributed by atoms with Crippen LogP contribution in [0.4, 0.5) is 4.79 Å². The monoisotopic (exact) mass is 278 g/mol. The minimum Gasteiger partial charge on any atom is -0.488 e. The second kappa shape index (κ2) is 6.27. The molecule has 6 heteroatoms. The molecular weight excluding hydrogens is 260 g/mol.